The lowest BCUT2D eigenvalue weighted by atomic mass is 9.48. The predicted octanol–water partition coefficient (Wildman–Crippen LogP) is 6.30. The second-order valence-corrected chi connectivity index (χ2v) is 13.3. The number of sulfonamides is 1. The van der Waals surface area contributed by atoms with Crippen LogP contribution in [0.1, 0.15) is 49.7 Å². The highest BCUT2D eigenvalue weighted by Crippen LogP contribution is 2.60. The summed E-state index contributed by atoms with van der Waals surface area (Å²) in [7, 11) is -3.92. The molecule has 0 unspecified atom stereocenters. The topological polar surface area (TPSA) is 66.5 Å². The van der Waals surface area contributed by atoms with E-state index >= 15 is 0 Å². The van der Waals surface area contributed by atoms with Gasteiger partial charge in [0.05, 0.1) is 10.6 Å². The molecule has 0 spiro atoms. The normalized spacial score (nSPS) is 26.1. The van der Waals surface area contributed by atoms with Crippen LogP contribution in [0.25, 0.3) is 0 Å². The molecule has 4 saturated carbocycles. The molecule has 1 amide bonds. The minimum Gasteiger partial charge on any atom is -0.325 e. The molecular formula is C31H34N2O3S. The average molecular weight is 515 g/mol. The SMILES string of the molecule is Cc1ccc(S(=O)(=O)N(CC(=O)Nc2ccc(C34CC5CC(CC(C5)C3)C4)cc2)c2ccccc2)cc1. The Morgan fingerprint density at radius 3 is 1.97 bits per heavy atom. The van der Waals surface area contributed by atoms with Gasteiger partial charge in [0.2, 0.25) is 5.91 Å². The van der Waals surface area contributed by atoms with E-state index in [4.69, 9.17) is 0 Å². The Morgan fingerprint density at radius 1 is 0.838 bits per heavy atom. The minimum atomic E-state index is -3.92. The number of aryl methyl sites for hydroxylation is 1. The second kappa shape index (κ2) is 9.32. The summed E-state index contributed by atoms with van der Waals surface area (Å²) >= 11 is 0. The van der Waals surface area contributed by atoms with Gasteiger partial charge in [0, 0.05) is 5.69 Å². The molecule has 37 heavy (non-hydrogen) atoms. The van der Waals surface area contributed by atoms with E-state index in [9.17, 15) is 13.2 Å². The molecule has 0 atom stereocenters. The first-order chi connectivity index (χ1) is 17.8. The zero-order valence-corrected chi connectivity index (χ0v) is 22.1. The third-order valence-corrected chi connectivity index (χ3v) is 10.5. The van der Waals surface area contributed by atoms with E-state index in [1.807, 2.05) is 25.1 Å². The van der Waals surface area contributed by atoms with Crippen LogP contribution in [0.3, 0.4) is 0 Å². The number of carbonyl (C=O) groups is 1. The third-order valence-electron chi connectivity index (χ3n) is 8.76. The molecule has 1 N–H and O–H groups in total. The van der Waals surface area contributed by atoms with Crippen molar-refractivity contribution in [3.63, 3.8) is 0 Å². The Morgan fingerprint density at radius 2 is 1.41 bits per heavy atom. The van der Waals surface area contributed by atoms with Gasteiger partial charge in [-0.15, -0.1) is 0 Å². The highest BCUT2D eigenvalue weighted by Gasteiger charge is 2.51. The molecule has 3 aromatic rings. The number of para-hydroxylation sites is 1. The van der Waals surface area contributed by atoms with Crippen LogP contribution in [0.4, 0.5) is 11.4 Å². The van der Waals surface area contributed by atoms with Crippen molar-refractivity contribution < 1.29 is 13.2 Å². The van der Waals surface area contributed by atoms with Crippen molar-refractivity contribution in [3.05, 3.63) is 90.0 Å². The summed E-state index contributed by atoms with van der Waals surface area (Å²) in [5, 5.41) is 2.93. The van der Waals surface area contributed by atoms with E-state index in [0.29, 0.717) is 16.8 Å². The van der Waals surface area contributed by atoms with Crippen molar-refractivity contribution in [2.75, 3.05) is 16.2 Å². The van der Waals surface area contributed by atoms with Crippen LogP contribution in [0.15, 0.2) is 83.8 Å². The molecule has 7 rings (SSSR count). The van der Waals surface area contributed by atoms with Gasteiger partial charge in [0.25, 0.3) is 10.0 Å². The monoisotopic (exact) mass is 514 g/mol. The molecule has 0 aliphatic heterocycles. The summed E-state index contributed by atoms with van der Waals surface area (Å²) in [5.41, 5.74) is 3.83. The second-order valence-electron chi connectivity index (χ2n) is 11.5. The molecule has 4 bridgehead atoms. The smallest absolute Gasteiger partial charge is 0.264 e. The van der Waals surface area contributed by atoms with E-state index in [-0.39, 0.29) is 17.3 Å². The van der Waals surface area contributed by atoms with Crippen molar-refractivity contribution in [1.82, 2.24) is 0 Å². The Balaban J connectivity index is 1.20. The van der Waals surface area contributed by atoms with Gasteiger partial charge in [-0.1, -0.05) is 48.0 Å². The van der Waals surface area contributed by atoms with Crippen LogP contribution in [0.2, 0.25) is 0 Å². The zero-order chi connectivity index (χ0) is 25.6. The summed E-state index contributed by atoms with van der Waals surface area (Å²) < 4.78 is 28.2. The quantitative estimate of drug-likeness (QED) is 0.403. The maximum Gasteiger partial charge on any atom is 0.264 e. The standard InChI is InChI=1S/C31H34N2O3S/c1-22-7-13-29(14-8-22)37(35,36)33(28-5-3-2-4-6-28)21-30(34)32-27-11-9-26(10-12-27)31-18-23-15-24(19-31)17-25(16-23)20-31/h2-14,23-25H,15-21H2,1H3,(H,32,34). The zero-order valence-electron chi connectivity index (χ0n) is 21.3. The molecule has 6 heteroatoms. The van der Waals surface area contributed by atoms with Crippen LogP contribution < -0.4 is 9.62 Å². The first-order valence-electron chi connectivity index (χ1n) is 13.4. The highest BCUT2D eigenvalue weighted by atomic mass is 32.2. The first-order valence-corrected chi connectivity index (χ1v) is 14.8. The number of nitrogens with zero attached hydrogens (tertiary/aromatic N) is 1. The number of anilines is 2. The molecular weight excluding hydrogens is 480 g/mol. The molecule has 4 aliphatic carbocycles. The van der Waals surface area contributed by atoms with E-state index in [0.717, 1.165) is 23.3 Å². The molecule has 0 saturated heterocycles. The number of nitrogens with one attached hydrogen (secondary N) is 1. The molecule has 4 aliphatic rings. The Labute approximate surface area is 220 Å². The van der Waals surface area contributed by atoms with Crippen molar-refractivity contribution in [2.24, 2.45) is 17.8 Å². The van der Waals surface area contributed by atoms with Gasteiger partial charge in [-0.2, -0.15) is 0 Å². The fourth-order valence-electron chi connectivity index (χ4n) is 7.45. The summed E-state index contributed by atoms with van der Waals surface area (Å²) in [5.74, 6) is 2.27. The van der Waals surface area contributed by atoms with E-state index in [1.165, 1.54) is 48.4 Å². The molecule has 0 radical (unpaired) electrons. The van der Waals surface area contributed by atoms with Gasteiger partial charge in [-0.3, -0.25) is 9.10 Å². The van der Waals surface area contributed by atoms with E-state index in [1.54, 1.807) is 48.5 Å². The largest absolute Gasteiger partial charge is 0.325 e. The maximum absolute atomic E-state index is 13.5. The lowest BCUT2D eigenvalue weighted by Crippen LogP contribution is -2.48. The summed E-state index contributed by atoms with van der Waals surface area (Å²) in [6.45, 7) is 1.60. The number of carbonyl (C=O) groups excluding carboxylic acids is 1. The van der Waals surface area contributed by atoms with Gasteiger partial charge >= 0.3 is 0 Å². The van der Waals surface area contributed by atoms with Gasteiger partial charge in [-0.05, 0) is 111 Å². The van der Waals surface area contributed by atoms with Crippen molar-refractivity contribution in [3.8, 4) is 0 Å². The molecule has 3 aromatic carbocycles. The molecule has 5 nitrogen and oxygen atoms in total. The highest BCUT2D eigenvalue weighted by molar-refractivity contribution is 7.92. The fourth-order valence-corrected chi connectivity index (χ4v) is 8.87. The number of hydrogen-bond donors (Lipinski definition) is 1. The first kappa shape index (κ1) is 24.2. The molecule has 0 heterocycles. The summed E-state index contributed by atoms with van der Waals surface area (Å²) in [6.07, 6.45) is 8.14. The van der Waals surface area contributed by atoms with Crippen molar-refractivity contribution in [2.45, 2.75) is 55.8 Å². The lowest BCUT2D eigenvalue weighted by Gasteiger charge is -2.57. The lowest BCUT2D eigenvalue weighted by molar-refractivity contribution is -0.114. The maximum atomic E-state index is 13.5. The average Bonchev–Trinajstić information content (AvgIpc) is 2.87. The van der Waals surface area contributed by atoms with Gasteiger partial charge < -0.3 is 5.32 Å². The van der Waals surface area contributed by atoms with Crippen LogP contribution in [-0.4, -0.2) is 20.9 Å². The van der Waals surface area contributed by atoms with Crippen LogP contribution in [0.5, 0.6) is 0 Å². The number of benzene rings is 3. The molecule has 192 valence electrons. The van der Waals surface area contributed by atoms with Crippen LogP contribution in [-0.2, 0) is 20.2 Å². The number of rotatable bonds is 7. The summed E-state index contributed by atoms with van der Waals surface area (Å²) in [6, 6.07) is 23.8. The summed E-state index contributed by atoms with van der Waals surface area (Å²) in [4.78, 5) is 13.3. The van der Waals surface area contributed by atoms with E-state index < -0.39 is 10.0 Å². The van der Waals surface area contributed by atoms with E-state index in [2.05, 4.69) is 17.4 Å². The van der Waals surface area contributed by atoms with Crippen molar-refractivity contribution >= 4 is 27.3 Å². The molecule has 4 fully saturated rings. The Hall–Kier alpha value is -3.12. The van der Waals surface area contributed by atoms with Gasteiger partial charge in [-0.25, -0.2) is 8.42 Å². The predicted molar refractivity (Wildman–Crippen MR) is 147 cm³/mol. The number of hydrogen-bond acceptors (Lipinski definition) is 3. The Bertz CT molecular complexity index is 1350. The molecule has 0 aromatic heterocycles. The van der Waals surface area contributed by atoms with Gasteiger partial charge in [0.1, 0.15) is 6.54 Å². The third kappa shape index (κ3) is 4.68. The fraction of sp³-hybridized carbons (Fsp3) is 0.387. The van der Waals surface area contributed by atoms with Gasteiger partial charge in [0.15, 0.2) is 0 Å². The Kier molecular flexibility index (Phi) is 6.10. The minimum absolute atomic E-state index is 0.162. The van der Waals surface area contributed by atoms with Crippen molar-refractivity contribution in [1.29, 1.82) is 0 Å². The van der Waals surface area contributed by atoms with Crippen LogP contribution in [0, 0.1) is 24.7 Å². The van der Waals surface area contributed by atoms with Crippen LogP contribution >= 0.6 is 0 Å². The number of amides is 1.